The second-order valence-corrected chi connectivity index (χ2v) is 3.78. The summed E-state index contributed by atoms with van der Waals surface area (Å²) in [5.74, 6) is -1.05. The van der Waals surface area contributed by atoms with E-state index >= 15 is 0 Å². The first kappa shape index (κ1) is 11.7. The Kier molecular flexibility index (Phi) is 4.30. The molecule has 0 aliphatic heterocycles. The highest BCUT2D eigenvalue weighted by Gasteiger charge is 1.97. The van der Waals surface area contributed by atoms with Gasteiger partial charge in [0.05, 0.1) is 6.21 Å². The molecule has 1 rings (SSSR count). The molecule has 0 aliphatic carbocycles. The van der Waals surface area contributed by atoms with Gasteiger partial charge in [-0.2, -0.15) is 0 Å². The second-order valence-electron chi connectivity index (χ2n) is 2.93. The molecule has 0 bridgehead atoms. The van der Waals surface area contributed by atoms with Crippen molar-refractivity contribution in [1.82, 2.24) is 0 Å². The first-order valence-electron chi connectivity index (χ1n) is 4.23. The van der Waals surface area contributed by atoms with Crippen LogP contribution in [0, 0.1) is 6.92 Å². The summed E-state index contributed by atoms with van der Waals surface area (Å²) in [5, 5.41) is 11.8. The Morgan fingerprint density at radius 2 is 2.40 bits per heavy atom. The van der Waals surface area contributed by atoms with E-state index in [-0.39, 0.29) is 0 Å². The van der Waals surface area contributed by atoms with Gasteiger partial charge in [-0.1, -0.05) is 33.2 Å². The van der Waals surface area contributed by atoms with Crippen LogP contribution >= 0.6 is 15.9 Å². The van der Waals surface area contributed by atoms with Gasteiger partial charge in [-0.3, -0.25) is 0 Å². The van der Waals surface area contributed by atoms with Crippen molar-refractivity contribution >= 4 is 28.1 Å². The zero-order valence-corrected chi connectivity index (χ0v) is 9.69. The van der Waals surface area contributed by atoms with Crippen molar-refractivity contribution in [3.63, 3.8) is 0 Å². The maximum atomic E-state index is 10.1. The number of hydrogen-bond donors (Lipinski definition) is 1. The molecule has 15 heavy (non-hydrogen) atoms. The van der Waals surface area contributed by atoms with E-state index in [0.717, 1.165) is 15.6 Å². The zero-order valence-electron chi connectivity index (χ0n) is 8.11. The summed E-state index contributed by atoms with van der Waals surface area (Å²) in [6.45, 7) is 1.55. The highest BCUT2D eigenvalue weighted by molar-refractivity contribution is 9.10. The number of nitrogens with zero attached hydrogens (tertiary/aromatic N) is 1. The highest BCUT2D eigenvalue weighted by atomic mass is 79.9. The van der Waals surface area contributed by atoms with Crippen molar-refractivity contribution in [1.29, 1.82) is 0 Å². The van der Waals surface area contributed by atoms with Crippen LogP contribution in [0.5, 0.6) is 0 Å². The van der Waals surface area contributed by atoms with Crippen molar-refractivity contribution in [2.45, 2.75) is 6.92 Å². The number of hydrogen-bond acceptors (Lipinski definition) is 3. The third-order valence-corrected chi connectivity index (χ3v) is 2.30. The minimum absolute atomic E-state index is 0.431. The van der Waals surface area contributed by atoms with Gasteiger partial charge >= 0.3 is 5.97 Å². The van der Waals surface area contributed by atoms with E-state index in [1.165, 1.54) is 6.21 Å². The Morgan fingerprint density at radius 3 is 3.00 bits per heavy atom. The average Bonchev–Trinajstić information content (AvgIpc) is 2.14. The number of benzene rings is 1. The lowest BCUT2D eigenvalue weighted by atomic mass is 10.2. The molecule has 0 aliphatic rings. The molecule has 5 heteroatoms. The van der Waals surface area contributed by atoms with Gasteiger partial charge in [0.2, 0.25) is 6.61 Å². The van der Waals surface area contributed by atoms with E-state index in [1.807, 2.05) is 25.1 Å². The summed E-state index contributed by atoms with van der Waals surface area (Å²) in [4.78, 5) is 14.6. The predicted molar refractivity (Wildman–Crippen MR) is 60.1 cm³/mol. The smallest absolute Gasteiger partial charge is 0.344 e. The normalized spacial score (nSPS) is 10.5. The number of halogens is 1. The molecule has 0 amide bonds. The van der Waals surface area contributed by atoms with Crippen molar-refractivity contribution < 1.29 is 14.7 Å². The fraction of sp³-hybridized carbons (Fsp3) is 0.200. The SMILES string of the molecule is Cc1ccc(/C=N/OCC(=O)O)c(Br)c1. The molecule has 80 valence electrons. The Morgan fingerprint density at radius 1 is 1.67 bits per heavy atom. The zero-order chi connectivity index (χ0) is 11.3. The second kappa shape index (κ2) is 5.50. The Bertz CT molecular complexity index is 390. The fourth-order valence-corrected chi connectivity index (χ4v) is 1.52. The van der Waals surface area contributed by atoms with E-state index < -0.39 is 12.6 Å². The van der Waals surface area contributed by atoms with Crippen LogP contribution in [0.1, 0.15) is 11.1 Å². The number of aliphatic carboxylic acids is 1. The molecular weight excluding hydrogens is 262 g/mol. The maximum absolute atomic E-state index is 10.1. The Labute approximate surface area is 95.7 Å². The van der Waals surface area contributed by atoms with Gasteiger partial charge in [-0.05, 0) is 18.6 Å². The molecule has 0 spiro atoms. The molecule has 0 saturated heterocycles. The molecule has 1 aromatic rings. The van der Waals surface area contributed by atoms with Gasteiger partial charge in [0.25, 0.3) is 0 Å². The van der Waals surface area contributed by atoms with Crippen LogP contribution < -0.4 is 0 Å². The number of carboxylic acids is 1. The van der Waals surface area contributed by atoms with Gasteiger partial charge in [-0.15, -0.1) is 0 Å². The summed E-state index contributed by atoms with van der Waals surface area (Å²) < 4.78 is 0.894. The summed E-state index contributed by atoms with van der Waals surface area (Å²) in [7, 11) is 0. The molecule has 0 aromatic heterocycles. The van der Waals surface area contributed by atoms with Crippen LogP contribution in [-0.4, -0.2) is 23.9 Å². The first-order valence-corrected chi connectivity index (χ1v) is 5.02. The number of carboxylic acid groups (broad SMARTS) is 1. The van der Waals surface area contributed by atoms with Gasteiger partial charge in [0.1, 0.15) is 0 Å². The van der Waals surface area contributed by atoms with E-state index in [4.69, 9.17) is 5.11 Å². The predicted octanol–water partition coefficient (Wildman–Crippen LogP) is 2.19. The third kappa shape index (κ3) is 4.12. The van der Waals surface area contributed by atoms with Crippen molar-refractivity contribution in [2.24, 2.45) is 5.16 Å². The molecule has 0 heterocycles. The monoisotopic (exact) mass is 271 g/mol. The van der Waals surface area contributed by atoms with Gasteiger partial charge in [0, 0.05) is 10.0 Å². The minimum Gasteiger partial charge on any atom is -0.479 e. The van der Waals surface area contributed by atoms with Crippen LogP contribution in [0.2, 0.25) is 0 Å². The molecule has 0 radical (unpaired) electrons. The minimum atomic E-state index is -1.05. The summed E-state index contributed by atoms with van der Waals surface area (Å²) in [6, 6.07) is 5.74. The lowest BCUT2D eigenvalue weighted by Crippen LogP contribution is -2.03. The van der Waals surface area contributed by atoms with Gasteiger partial charge < -0.3 is 9.94 Å². The van der Waals surface area contributed by atoms with E-state index in [1.54, 1.807) is 0 Å². The summed E-state index contributed by atoms with van der Waals surface area (Å²) >= 11 is 3.37. The van der Waals surface area contributed by atoms with Crippen molar-refractivity contribution in [3.8, 4) is 0 Å². The molecular formula is C10H10BrNO3. The molecule has 0 unspecified atom stereocenters. The number of oxime groups is 1. The van der Waals surface area contributed by atoms with Crippen LogP contribution in [-0.2, 0) is 9.63 Å². The lowest BCUT2D eigenvalue weighted by molar-refractivity contribution is -0.142. The lowest BCUT2D eigenvalue weighted by Gasteiger charge is -1.99. The highest BCUT2D eigenvalue weighted by Crippen LogP contribution is 2.16. The molecule has 1 N–H and O–H groups in total. The Hall–Kier alpha value is -1.36. The van der Waals surface area contributed by atoms with Gasteiger partial charge in [-0.25, -0.2) is 4.79 Å². The number of rotatable bonds is 4. The first-order chi connectivity index (χ1) is 7.09. The Balaban J connectivity index is 2.60. The third-order valence-electron chi connectivity index (χ3n) is 1.61. The van der Waals surface area contributed by atoms with E-state index in [0.29, 0.717) is 0 Å². The van der Waals surface area contributed by atoms with Crippen LogP contribution in [0.25, 0.3) is 0 Å². The number of carbonyl (C=O) groups is 1. The quantitative estimate of drug-likeness (QED) is 0.675. The maximum Gasteiger partial charge on any atom is 0.344 e. The molecule has 0 fully saturated rings. The molecule has 0 saturated carbocycles. The molecule has 4 nitrogen and oxygen atoms in total. The number of aryl methyl sites for hydroxylation is 1. The standard InChI is InChI=1S/C10H10BrNO3/c1-7-2-3-8(9(11)4-7)5-12-15-6-10(13)14/h2-5H,6H2,1H3,(H,13,14)/b12-5+. The molecule has 1 aromatic carbocycles. The summed E-state index contributed by atoms with van der Waals surface area (Å²) in [5.41, 5.74) is 1.97. The van der Waals surface area contributed by atoms with E-state index in [9.17, 15) is 4.79 Å². The van der Waals surface area contributed by atoms with Crippen LogP contribution in [0.15, 0.2) is 27.8 Å². The van der Waals surface area contributed by atoms with Crippen molar-refractivity contribution in [2.75, 3.05) is 6.61 Å². The topological polar surface area (TPSA) is 58.9 Å². The van der Waals surface area contributed by atoms with Crippen LogP contribution in [0.3, 0.4) is 0 Å². The van der Waals surface area contributed by atoms with Gasteiger partial charge in [0.15, 0.2) is 0 Å². The average molecular weight is 272 g/mol. The fourth-order valence-electron chi connectivity index (χ4n) is 0.923. The largest absolute Gasteiger partial charge is 0.479 e. The molecule has 0 atom stereocenters. The van der Waals surface area contributed by atoms with Crippen molar-refractivity contribution in [3.05, 3.63) is 33.8 Å². The van der Waals surface area contributed by atoms with Crippen LogP contribution in [0.4, 0.5) is 0 Å². The van der Waals surface area contributed by atoms with E-state index in [2.05, 4.69) is 25.9 Å². The summed E-state index contributed by atoms with van der Waals surface area (Å²) in [6.07, 6.45) is 1.46.